The van der Waals surface area contributed by atoms with Gasteiger partial charge in [0, 0.05) is 23.3 Å². The largest absolute Gasteiger partial charge is 0.461 e. The number of nitrogens with one attached hydrogen (secondary N) is 1. The molecular weight excluding hydrogens is 410 g/mol. The Morgan fingerprint density at radius 2 is 1.73 bits per heavy atom. The zero-order valence-corrected chi connectivity index (χ0v) is 17.0. The van der Waals surface area contributed by atoms with Gasteiger partial charge in [0.25, 0.3) is 0 Å². The fourth-order valence-corrected chi connectivity index (χ4v) is 4.33. The molecule has 2 heterocycles. The number of ether oxygens (including phenoxy) is 1. The summed E-state index contributed by atoms with van der Waals surface area (Å²) in [5.41, 5.74) is 1.66. The van der Waals surface area contributed by atoms with Crippen LogP contribution in [0.1, 0.15) is 19.8 Å². The van der Waals surface area contributed by atoms with Crippen molar-refractivity contribution in [2.75, 3.05) is 5.75 Å². The molecule has 0 bridgehead atoms. The number of benzene rings is 2. The molecule has 1 saturated heterocycles. The second-order valence-corrected chi connectivity index (χ2v) is 8.59. The number of thioether (sulfide) groups is 1. The van der Waals surface area contributed by atoms with Gasteiger partial charge in [-0.15, -0.1) is 0 Å². The number of esters is 1. The van der Waals surface area contributed by atoms with Gasteiger partial charge < -0.3 is 14.8 Å². The molecule has 0 saturated carbocycles. The molecule has 2 atom stereocenters. The number of carbonyl (C=O) groups is 1. The molecule has 30 heavy (non-hydrogen) atoms. The molecule has 0 aliphatic carbocycles. The minimum absolute atomic E-state index is 0.0155. The third-order valence-corrected chi connectivity index (χ3v) is 5.83. The Hall–Kier alpha value is -2.71. The number of carbonyl (C=O) groups excluding carboxylic acids is 1. The summed E-state index contributed by atoms with van der Waals surface area (Å²) in [4.78, 5) is 19.6. The van der Waals surface area contributed by atoms with Gasteiger partial charge in [0.05, 0.1) is 23.4 Å². The van der Waals surface area contributed by atoms with Gasteiger partial charge in [-0.3, -0.25) is 4.79 Å². The van der Waals surface area contributed by atoms with Gasteiger partial charge in [0.15, 0.2) is 5.16 Å². The number of halogens is 2. The molecule has 4 rings (SSSR count). The monoisotopic (exact) mass is 430 g/mol. The standard InChI is InChI=1S/C22H20F2N2O3S/c1-22(28)10-17(29-18(27)11-22)12-30-21-25-19(13-2-6-15(23)7-3-13)20(26-21)14-4-8-16(24)9-5-14/h2-9,17,28H,10-12H2,1H3,(H,25,26)/t17-,22+/m1/s1. The highest BCUT2D eigenvalue weighted by molar-refractivity contribution is 7.99. The van der Waals surface area contributed by atoms with Crippen LogP contribution >= 0.6 is 11.8 Å². The van der Waals surface area contributed by atoms with Crippen molar-refractivity contribution in [3.05, 3.63) is 60.2 Å². The van der Waals surface area contributed by atoms with Crippen LogP contribution in [0.2, 0.25) is 0 Å². The van der Waals surface area contributed by atoms with Crippen LogP contribution in [0.3, 0.4) is 0 Å². The minimum Gasteiger partial charge on any atom is -0.461 e. The predicted molar refractivity (Wildman–Crippen MR) is 110 cm³/mol. The quantitative estimate of drug-likeness (QED) is 0.458. The Morgan fingerprint density at radius 3 is 2.33 bits per heavy atom. The molecule has 3 aromatic rings. The number of hydrogen-bond donors (Lipinski definition) is 2. The van der Waals surface area contributed by atoms with Crippen molar-refractivity contribution in [1.82, 2.24) is 9.97 Å². The van der Waals surface area contributed by atoms with E-state index in [-0.39, 0.29) is 18.1 Å². The van der Waals surface area contributed by atoms with E-state index in [0.29, 0.717) is 34.3 Å². The summed E-state index contributed by atoms with van der Waals surface area (Å²) in [5, 5.41) is 10.8. The summed E-state index contributed by atoms with van der Waals surface area (Å²) in [6.07, 6.45) is -0.0969. The van der Waals surface area contributed by atoms with Crippen molar-refractivity contribution in [2.45, 2.75) is 36.6 Å². The highest BCUT2D eigenvalue weighted by atomic mass is 32.2. The molecule has 2 aromatic carbocycles. The minimum atomic E-state index is -1.08. The Balaban J connectivity index is 1.61. The van der Waals surface area contributed by atoms with Gasteiger partial charge >= 0.3 is 5.97 Å². The molecule has 0 radical (unpaired) electrons. The number of imidazole rings is 1. The number of aliphatic hydroxyl groups is 1. The van der Waals surface area contributed by atoms with Crippen LogP contribution in [0, 0.1) is 11.6 Å². The average molecular weight is 430 g/mol. The summed E-state index contributed by atoms with van der Waals surface area (Å²) in [5.74, 6) is -0.697. The molecule has 8 heteroatoms. The van der Waals surface area contributed by atoms with E-state index >= 15 is 0 Å². The molecule has 5 nitrogen and oxygen atoms in total. The van der Waals surface area contributed by atoms with Crippen LogP contribution in [0.15, 0.2) is 53.7 Å². The van der Waals surface area contributed by atoms with Gasteiger partial charge in [0.1, 0.15) is 17.7 Å². The molecule has 0 unspecified atom stereocenters. The van der Waals surface area contributed by atoms with Gasteiger partial charge in [-0.1, -0.05) is 11.8 Å². The fraction of sp³-hybridized carbons (Fsp3) is 0.273. The maximum Gasteiger partial charge on any atom is 0.309 e. The Labute approximate surface area is 176 Å². The van der Waals surface area contributed by atoms with E-state index in [4.69, 9.17) is 4.74 Å². The zero-order chi connectivity index (χ0) is 21.3. The summed E-state index contributed by atoms with van der Waals surface area (Å²) < 4.78 is 32.1. The van der Waals surface area contributed by atoms with E-state index in [9.17, 15) is 18.7 Å². The molecule has 1 fully saturated rings. The molecule has 156 valence electrons. The van der Waals surface area contributed by atoms with E-state index in [2.05, 4.69) is 9.97 Å². The van der Waals surface area contributed by atoms with Crippen LogP contribution in [0.4, 0.5) is 8.78 Å². The first-order chi connectivity index (χ1) is 14.3. The van der Waals surface area contributed by atoms with Gasteiger partial charge in [-0.25, -0.2) is 13.8 Å². The average Bonchev–Trinajstić information content (AvgIpc) is 3.10. The first-order valence-electron chi connectivity index (χ1n) is 9.46. The SMILES string of the molecule is C[C@@]1(O)CC(=O)O[C@@H](CSc2nc(-c3ccc(F)cc3)c(-c3ccc(F)cc3)[nH]2)C1. The molecule has 0 spiro atoms. The zero-order valence-electron chi connectivity index (χ0n) is 16.2. The summed E-state index contributed by atoms with van der Waals surface area (Å²) >= 11 is 1.36. The van der Waals surface area contributed by atoms with Gasteiger partial charge in [-0.05, 0) is 55.5 Å². The van der Waals surface area contributed by atoms with Crippen molar-refractivity contribution in [3.63, 3.8) is 0 Å². The molecule has 2 N–H and O–H groups in total. The second-order valence-electron chi connectivity index (χ2n) is 7.58. The smallest absolute Gasteiger partial charge is 0.309 e. The van der Waals surface area contributed by atoms with Crippen LogP contribution in [-0.2, 0) is 9.53 Å². The van der Waals surface area contributed by atoms with Gasteiger partial charge in [-0.2, -0.15) is 0 Å². The summed E-state index contributed by atoms with van der Waals surface area (Å²) in [7, 11) is 0. The number of hydrogen-bond acceptors (Lipinski definition) is 5. The Morgan fingerprint density at radius 1 is 1.13 bits per heavy atom. The Bertz CT molecular complexity index is 986. The van der Waals surface area contributed by atoms with Crippen molar-refractivity contribution < 1.29 is 23.4 Å². The summed E-state index contributed by atoms with van der Waals surface area (Å²) in [6.45, 7) is 1.62. The number of H-pyrrole nitrogens is 1. The lowest BCUT2D eigenvalue weighted by Crippen LogP contribution is -2.41. The lowest BCUT2D eigenvalue weighted by Gasteiger charge is -2.32. The second kappa shape index (κ2) is 8.20. The van der Waals surface area contributed by atoms with Crippen LogP contribution in [0.5, 0.6) is 0 Å². The van der Waals surface area contributed by atoms with Crippen LogP contribution in [-0.4, -0.2) is 38.5 Å². The topological polar surface area (TPSA) is 75.2 Å². The maximum absolute atomic E-state index is 13.4. The number of nitrogens with zero attached hydrogens (tertiary/aromatic N) is 1. The van der Waals surface area contributed by atoms with Gasteiger partial charge in [0.2, 0.25) is 0 Å². The highest BCUT2D eigenvalue weighted by Gasteiger charge is 2.36. The van der Waals surface area contributed by atoms with Crippen molar-refractivity contribution >= 4 is 17.7 Å². The fourth-order valence-electron chi connectivity index (χ4n) is 3.47. The normalized spacial score (nSPS) is 21.5. The van der Waals surface area contributed by atoms with Crippen LogP contribution < -0.4 is 0 Å². The van der Waals surface area contributed by atoms with E-state index in [1.165, 1.54) is 36.0 Å². The molecule has 1 aliphatic rings. The molecular formula is C22H20F2N2O3S. The number of cyclic esters (lactones) is 1. The predicted octanol–water partition coefficient (Wildman–Crippen LogP) is 4.57. The number of rotatable bonds is 5. The van der Waals surface area contributed by atoms with E-state index in [1.54, 1.807) is 31.2 Å². The molecule has 0 amide bonds. The lowest BCUT2D eigenvalue weighted by atomic mass is 9.93. The van der Waals surface area contributed by atoms with Crippen LogP contribution in [0.25, 0.3) is 22.5 Å². The lowest BCUT2D eigenvalue weighted by molar-refractivity contribution is -0.165. The van der Waals surface area contributed by atoms with E-state index in [0.717, 1.165) is 5.56 Å². The third kappa shape index (κ3) is 4.71. The van der Waals surface area contributed by atoms with Crippen molar-refractivity contribution in [2.24, 2.45) is 0 Å². The summed E-state index contributed by atoms with van der Waals surface area (Å²) in [6, 6.07) is 12.0. The maximum atomic E-state index is 13.4. The molecule has 1 aromatic heterocycles. The third-order valence-electron chi connectivity index (χ3n) is 4.83. The number of aromatic nitrogens is 2. The van der Waals surface area contributed by atoms with E-state index < -0.39 is 17.7 Å². The highest BCUT2D eigenvalue weighted by Crippen LogP contribution is 2.34. The van der Waals surface area contributed by atoms with Crippen molar-refractivity contribution in [3.8, 4) is 22.5 Å². The first-order valence-corrected chi connectivity index (χ1v) is 10.4. The van der Waals surface area contributed by atoms with E-state index in [1.807, 2.05) is 0 Å². The Kier molecular flexibility index (Phi) is 5.62. The first kappa shape index (κ1) is 20.6. The number of aromatic amines is 1. The molecule has 1 aliphatic heterocycles. The van der Waals surface area contributed by atoms with Crippen molar-refractivity contribution in [1.29, 1.82) is 0 Å².